The monoisotopic (exact) mass is 292 g/mol. The summed E-state index contributed by atoms with van der Waals surface area (Å²) in [6.07, 6.45) is 6.16. The molecule has 1 saturated carbocycles. The van der Waals surface area contributed by atoms with Gasteiger partial charge < -0.3 is 15.4 Å². The first-order valence-corrected chi connectivity index (χ1v) is 7.58. The van der Waals surface area contributed by atoms with Gasteiger partial charge >= 0.3 is 0 Å². The topological polar surface area (TPSA) is 76.1 Å². The number of carbonyl (C=O) groups is 1. The summed E-state index contributed by atoms with van der Waals surface area (Å²) in [4.78, 5) is 20.6. The average Bonchev–Trinajstić information content (AvgIpc) is 2.48. The fourth-order valence-electron chi connectivity index (χ4n) is 2.57. The summed E-state index contributed by atoms with van der Waals surface area (Å²) in [7, 11) is 1.60. The lowest BCUT2D eigenvalue weighted by Crippen LogP contribution is -2.28. The quantitative estimate of drug-likeness (QED) is 0.783. The van der Waals surface area contributed by atoms with Crippen LogP contribution in [-0.2, 0) is 4.74 Å². The first-order valence-electron chi connectivity index (χ1n) is 7.58. The van der Waals surface area contributed by atoms with Crippen LogP contribution >= 0.6 is 0 Å². The van der Waals surface area contributed by atoms with Gasteiger partial charge in [-0.25, -0.2) is 9.97 Å². The van der Waals surface area contributed by atoms with Crippen LogP contribution in [0, 0.1) is 6.92 Å². The zero-order chi connectivity index (χ0) is 15.1. The Morgan fingerprint density at radius 1 is 1.33 bits per heavy atom. The number of amides is 1. The molecule has 0 spiro atoms. The molecule has 2 rings (SSSR count). The van der Waals surface area contributed by atoms with E-state index < -0.39 is 0 Å². The summed E-state index contributed by atoms with van der Waals surface area (Å²) in [5.74, 6) is 1.16. The Kier molecular flexibility index (Phi) is 5.92. The van der Waals surface area contributed by atoms with Crippen molar-refractivity contribution in [2.24, 2.45) is 0 Å². The number of rotatable bonds is 6. The largest absolute Gasteiger partial charge is 0.383 e. The molecule has 0 radical (unpaired) electrons. The van der Waals surface area contributed by atoms with E-state index >= 15 is 0 Å². The van der Waals surface area contributed by atoms with Gasteiger partial charge in [0.15, 0.2) is 0 Å². The number of hydrogen-bond acceptors (Lipinski definition) is 5. The van der Waals surface area contributed by atoms with Crippen molar-refractivity contribution < 1.29 is 9.53 Å². The summed E-state index contributed by atoms with van der Waals surface area (Å²) in [5.41, 5.74) is 0.400. The average molecular weight is 292 g/mol. The number of anilines is 1. The summed E-state index contributed by atoms with van der Waals surface area (Å²) in [6.45, 7) is 2.77. The fraction of sp³-hybridized carbons (Fsp3) is 0.667. The standard InChI is InChI=1S/C15H24N4O2/c1-11-17-13(15(20)16-8-9-21-2)10-14(18-11)19-12-6-4-3-5-7-12/h10,12H,3-9H2,1-2H3,(H,16,20)(H,17,18,19). The lowest BCUT2D eigenvalue weighted by atomic mass is 9.95. The van der Waals surface area contributed by atoms with Gasteiger partial charge in [-0.15, -0.1) is 0 Å². The van der Waals surface area contributed by atoms with E-state index in [9.17, 15) is 4.79 Å². The molecule has 0 bridgehead atoms. The molecule has 0 unspecified atom stereocenters. The van der Waals surface area contributed by atoms with E-state index in [1.807, 2.05) is 0 Å². The van der Waals surface area contributed by atoms with E-state index in [1.54, 1.807) is 20.1 Å². The highest BCUT2D eigenvalue weighted by Gasteiger charge is 2.15. The number of hydrogen-bond donors (Lipinski definition) is 2. The van der Waals surface area contributed by atoms with E-state index in [0.717, 1.165) is 5.82 Å². The Bertz CT molecular complexity index is 473. The molecule has 1 heterocycles. The number of aromatic nitrogens is 2. The van der Waals surface area contributed by atoms with Crippen molar-refractivity contribution >= 4 is 11.7 Å². The SMILES string of the molecule is COCCNC(=O)c1cc(NC2CCCCC2)nc(C)n1. The number of nitrogens with one attached hydrogen (secondary N) is 2. The lowest BCUT2D eigenvalue weighted by molar-refractivity contribution is 0.0931. The second-order valence-corrected chi connectivity index (χ2v) is 5.41. The molecule has 21 heavy (non-hydrogen) atoms. The first-order chi connectivity index (χ1) is 10.2. The smallest absolute Gasteiger partial charge is 0.270 e. The molecule has 1 aliphatic carbocycles. The van der Waals surface area contributed by atoms with Crippen molar-refractivity contribution in [3.63, 3.8) is 0 Å². The van der Waals surface area contributed by atoms with Crippen LogP contribution in [0.4, 0.5) is 5.82 Å². The minimum Gasteiger partial charge on any atom is -0.383 e. The fourth-order valence-corrected chi connectivity index (χ4v) is 2.57. The minimum atomic E-state index is -0.191. The Balaban J connectivity index is 2.00. The highest BCUT2D eigenvalue weighted by Crippen LogP contribution is 2.21. The van der Waals surface area contributed by atoms with Crippen molar-refractivity contribution in [1.29, 1.82) is 0 Å². The van der Waals surface area contributed by atoms with E-state index in [2.05, 4.69) is 20.6 Å². The van der Waals surface area contributed by atoms with Crippen molar-refractivity contribution in [1.82, 2.24) is 15.3 Å². The first kappa shape index (κ1) is 15.7. The lowest BCUT2D eigenvalue weighted by Gasteiger charge is -2.23. The molecule has 0 saturated heterocycles. The molecular weight excluding hydrogens is 268 g/mol. The van der Waals surface area contributed by atoms with Gasteiger partial charge in [0.2, 0.25) is 0 Å². The molecule has 1 aromatic rings. The van der Waals surface area contributed by atoms with Gasteiger partial charge in [0.25, 0.3) is 5.91 Å². The zero-order valence-corrected chi connectivity index (χ0v) is 12.8. The third-order valence-electron chi connectivity index (χ3n) is 3.62. The molecule has 116 valence electrons. The van der Waals surface area contributed by atoms with Crippen LogP contribution in [0.1, 0.15) is 48.4 Å². The maximum Gasteiger partial charge on any atom is 0.270 e. The predicted octanol–water partition coefficient (Wildman–Crippen LogP) is 1.91. The molecule has 1 aliphatic rings. The van der Waals surface area contributed by atoms with E-state index in [4.69, 9.17) is 4.74 Å². The van der Waals surface area contributed by atoms with E-state index in [0.29, 0.717) is 30.7 Å². The molecule has 0 atom stereocenters. The minimum absolute atomic E-state index is 0.191. The van der Waals surface area contributed by atoms with Gasteiger partial charge in [-0.2, -0.15) is 0 Å². The van der Waals surface area contributed by atoms with E-state index in [1.165, 1.54) is 32.1 Å². The second-order valence-electron chi connectivity index (χ2n) is 5.41. The maximum atomic E-state index is 12.0. The predicted molar refractivity (Wildman–Crippen MR) is 81.5 cm³/mol. The highest BCUT2D eigenvalue weighted by atomic mass is 16.5. The van der Waals surface area contributed by atoms with Crippen LogP contribution in [0.2, 0.25) is 0 Å². The van der Waals surface area contributed by atoms with Crippen LogP contribution in [-0.4, -0.2) is 42.2 Å². The summed E-state index contributed by atoms with van der Waals surface area (Å²) >= 11 is 0. The Morgan fingerprint density at radius 2 is 2.10 bits per heavy atom. The molecule has 1 fully saturated rings. The maximum absolute atomic E-state index is 12.0. The Labute approximate surface area is 125 Å². The molecule has 6 heteroatoms. The summed E-state index contributed by atoms with van der Waals surface area (Å²) < 4.78 is 4.92. The van der Waals surface area contributed by atoms with Crippen molar-refractivity contribution in [3.8, 4) is 0 Å². The number of aryl methyl sites for hydroxylation is 1. The molecule has 0 aromatic carbocycles. The van der Waals surface area contributed by atoms with Crippen molar-refractivity contribution in [2.75, 3.05) is 25.6 Å². The van der Waals surface area contributed by atoms with Gasteiger partial charge in [0.05, 0.1) is 6.61 Å². The van der Waals surface area contributed by atoms with Crippen molar-refractivity contribution in [3.05, 3.63) is 17.6 Å². The number of methoxy groups -OCH3 is 1. The van der Waals surface area contributed by atoms with Crippen LogP contribution in [0.25, 0.3) is 0 Å². The van der Waals surface area contributed by atoms with Gasteiger partial charge in [0.1, 0.15) is 17.3 Å². The zero-order valence-electron chi connectivity index (χ0n) is 12.8. The Morgan fingerprint density at radius 3 is 2.81 bits per heavy atom. The molecule has 1 aromatic heterocycles. The van der Waals surface area contributed by atoms with Crippen LogP contribution in [0.15, 0.2) is 6.07 Å². The van der Waals surface area contributed by atoms with Gasteiger partial charge in [0, 0.05) is 25.8 Å². The molecule has 1 amide bonds. The van der Waals surface area contributed by atoms with Crippen LogP contribution < -0.4 is 10.6 Å². The van der Waals surface area contributed by atoms with Gasteiger partial charge in [-0.05, 0) is 19.8 Å². The summed E-state index contributed by atoms with van der Waals surface area (Å²) in [6, 6.07) is 2.18. The molecule has 2 N–H and O–H groups in total. The molecule has 0 aliphatic heterocycles. The highest BCUT2D eigenvalue weighted by molar-refractivity contribution is 5.92. The van der Waals surface area contributed by atoms with E-state index in [-0.39, 0.29) is 5.91 Å². The summed E-state index contributed by atoms with van der Waals surface area (Å²) in [5, 5.41) is 6.20. The molecular formula is C15H24N4O2. The van der Waals surface area contributed by atoms with Gasteiger partial charge in [-0.3, -0.25) is 4.79 Å². The van der Waals surface area contributed by atoms with Gasteiger partial charge in [-0.1, -0.05) is 19.3 Å². The second kappa shape index (κ2) is 7.93. The third-order valence-corrected chi connectivity index (χ3v) is 3.62. The number of nitrogens with zero attached hydrogens (tertiary/aromatic N) is 2. The Hall–Kier alpha value is -1.69. The number of ether oxygens (including phenoxy) is 1. The number of carbonyl (C=O) groups excluding carboxylic acids is 1. The molecule has 6 nitrogen and oxygen atoms in total. The van der Waals surface area contributed by atoms with Crippen LogP contribution in [0.5, 0.6) is 0 Å². The van der Waals surface area contributed by atoms with Crippen molar-refractivity contribution in [2.45, 2.75) is 45.1 Å². The van der Waals surface area contributed by atoms with Crippen LogP contribution in [0.3, 0.4) is 0 Å². The third kappa shape index (κ3) is 4.97. The normalized spacial score (nSPS) is 15.7.